The van der Waals surface area contributed by atoms with Gasteiger partial charge in [-0.3, -0.25) is 14.1 Å². The van der Waals surface area contributed by atoms with E-state index in [0.717, 1.165) is 11.9 Å². The molecule has 2 heterocycles. The Labute approximate surface area is 174 Å². The first kappa shape index (κ1) is 19.8. The van der Waals surface area contributed by atoms with Gasteiger partial charge < -0.3 is 0 Å². The van der Waals surface area contributed by atoms with Crippen molar-refractivity contribution in [2.75, 3.05) is 11.0 Å². The number of aryl methyl sites for hydroxylation is 1. The topological polar surface area (TPSA) is 94.0 Å². The van der Waals surface area contributed by atoms with Crippen LogP contribution in [0.2, 0.25) is 0 Å². The zero-order valence-electron chi connectivity index (χ0n) is 16.5. The lowest BCUT2D eigenvalue weighted by Gasteiger charge is -2.14. The van der Waals surface area contributed by atoms with Gasteiger partial charge in [0.2, 0.25) is 10.0 Å². The van der Waals surface area contributed by atoms with E-state index >= 15 is 0 Å². The Morgan fingerprint density at radius 3 is 2.50 bits per heavy atom. The molecule has 4 aromatic rings. The first-order chi connectivity index (χ1) is 14.4. The third-order valence-electron chi connectivity index (χ3n) is 4.66. The zero-order valence-corrected chi connectivity index (χ0v) is 17.3. The predicted molar refractivity (Wildman–Crippen MR) is 118 cm³/mol. The number of pyridine rings is 1. The lowest BCUT2D eigenvalue weighted by Crippen LogP contribution is -2.24. The lowest BCUT2D eigenvalue weighted by molar-refractivity contribution is 0.606. The summed E-state index contributed by atoms with van der Waals surface area (Å²) in [5.41, 5.74) is 2.50. The van der Waals surface area contributed by atoms with E-state index in [9.17, 15) is 13.2 Å². The minimum atomic E-state index is -3.47. The van der Waals surface area contributed by atoms with Crippen molar-refractivity contribution in [2.24, 2.45) is 0 Å². The fraction of sp³-hybridized carbons (Fsp3) is 0.136. The van der Waals surface area contributed by atoms with Crippen molar-refractivity contribution in [3.8, 4) is 16.8 Å². The molecule has 0 aliphatic heterocycles. The Hall–Kier alpha value is -3.52. The van der Waals surface area contributed by atoms with E-state index in [4.69, 9.17) is 4.98 Å². The van der Waals surface area contributed by atoms with Crippen molar-refractivity contribution in [3.63, 3.8) is 0 Å². The Morgan fingerprint density at radius 1 is 1.03 bits per heavy atom. The molecule has 2 aromatic heterocycles. The van der Waals surface area contributed by atoms with E-state index in [1.54, 1.807) is 16.7 Å². The van der Waals surface area contributed by atoms with Gasteiger partial charge in [-0.25, -0.2) is 18.4 Å². The van der Waals surface area contributed by atoms with Crippen molar-refractivity contribution >= 4 is 26.7 Å². The van der Waals surface area contributed by atoms with Gasteiger partial charge in [-0.1, -0.05) is 37.3 Å². The quantitative estimate of drug-likeness (QED) is 0.534. The van der Waals surface area contributed by atoms with Crippen LogP contribution in [0.4, 0.5) is 5.82 Å². The third-order valence-corrected chi connectivity index (χ3v) is 5.24. The zero-order chi connectivity index (χ0) is 21.3. The molecule has 152 valence electrons. The molecule has 0 saturated carbocycles. The van der Waals surface area contributed by atoms with Crippen molar-refractivity contribution in [1.29, 1.82) is 0 Å². The summed E-state index contributed by atoms with van der Waals surface area (Å²) in [6.45, 7) is 1.96. The van der Waals surface area contributed by atoms with Crippen LogP contribution in [0.15, 0.2) is 71.7 Å². The van der Waals surface area contributed by atoms with Crippen LogP contribution >= 0.6 is 0 Å². The minimum Gasteiger partial charge on any atom is -0.268 e. The van der Waals surface area contributed by atoms with Crippen molar-refractivity contribution < 1.29 is 8.42 Å². The van der Waals surface area contributed by atoms with Gasteiger partial charge in [0.1, 0.15) is 11.6 Å². The van der Waals surface area contributed by atoms with E-state index in [1.807, 2.05) is 55.5 Å². The molecule has 0 unspecified atom stereocenters. The molecule has 0 fully saturated rings. The van der Waals surface area contributed by atoms with Crippen LogP contribution in [0, 0.1) is 0 Å². The number of aromatic nitrogens is 3. The average molecular weight is 420 g/mol. The highest BCUT2D eigenvalue weighted by molar-refractivity contribution is 7.92. The molecule has 30 heavy (non-hydrogen) atoms. The van der Waals surface area contributed by atoms with Crippen LogP contribution < -0.4 is 10.3 Å². The van der Waals surface area contributed by atoms with E-state index < -0.39 is 10.0 Å². The number of sulfonamides is 1. The second kappa shape index (κ2) is 7.72. The summed E-state index contributed by atoms with van der Waals surface area (Å²) in [7, 11) is -3.47. The number of fused-ring (bicyclic) bond motifs is 1. The SMILES string of the molecule is CCc1nc2cccc(-c3ccnc(NS(C)(=O)=O)c3)c2c(=O)n1-c1ccccc1. The van der Waals surface area contributed by atoms with E-state index in [2.05, 4.69) is 9.71 Å². The molecule has 8 heteroatoms. The van der Waals surface area contributed by atoms with Crippen LogP contribution in [-0.4, -0.2) is 29.2 Å². The molecule has 0 bridgehead atoms. The monoisotopic (exact) mass is 420 g/mol. The number of benzene rings is 2. The predicted octanol–water partition coefficient (Wildman–Crippen LogP) is 3.38. The van der Waals surface area contributed by atoms with Gasteiger partial charge in [0.25, 0.3) is 5.56 Å². The Kier molecular flexibility index (Phi) is 5.09. The standard InChI is InChI=1S/C22H20N4O3S/c1-3-20-24-18-11-7-10-17(15-12-13-23-19(14-15)25-30(2,28)29)21(18)22(27)26(20)16-8-5-4-6-9-16/h4-14H,3H2,1-2H3,(H,23,25). The summed E-state index contributed by atoms with van der Waals surface area (Å²) >= 11 is 0. The molecular weight excluding hydrogens is 400 g/mol. The summed E-state index contributed by atoms with van der Waals surface area (Å²) in [4.78, 5) is 22.4. The minimum absolute atomic E-state index is 0.173. The molecule has 0 aliphatic rings. The van der Waals surface area contributed by atoms with Gasteiger partial charge in [-0.15, -0.1) is 0 Å². The molecule has 4 rings (SSSR count). The van der Waals surface area contributed by atoms with Crippen LogP contribution in [0.3, 0.4) is 0 Å². The van der Waals surface area contributed by atoms with Crippen LogP contribution in [0.25, 0.3) is 27.7 Å². The van der Waals surface area contributed by atoms with Crippen molar-refractivity contribution in [1.82, 2.24) is 14.5 Å². The van der Waals surface area contributed by atoms with Crippen molar-refractivity contribution in [3.05, 3.63) is 83.0 Å². The molecule has 0 atom stereocenters. The van der Waals surface area contributed by atoms with Crippen LogP contribution in [0.5, 0.6) is 0 Å². The highest BCUT2D eigenvalue weighted by atomic mass is 32.2. The maximum absolute atomic E-state index is 13.6. The second-order valence-electron chi connectivity index (χ2n) is 6.86. The van der Waals surface area contributed by atoms with Gasteiger partial charge in [-0.2, -0.15) is 0 Å². The molecular formula is C22H20N4O3S. The maximum Gasteiger partial charge on any atom is 0.266 e. The highest BCUT2D eigenvalue weighted by Gasteiger charge is 2.16. The second-order valence-corrected chi connectivity index (χ2v) is 8.61. The number of hydrogen-bond acceptors (Lipinski definition) is 5. The Morgan fingerprint density at radius 2 is 1.80 bits per heavy atom. The molecule has 0 aliphatic carbocycles. The molecule has 1 N–H and O–H groups in total. The Balaban J connectivity index is 1.99. The lowest BCUT2D eigenvalue weighted by atomic mass is 10.0. The van der Waals surface area contributed by atoms with Gasteiger partial charge in [-0.05, 0) is 41.5 Å². The number of nitrogens with zero attached hydrogens (tertiary/aromatic N) is 3. The normalized spacial score (nSPS) is 11.5. The number of anilines is 1. The number of hydrogen-bond donors (Lipinski definition) is 1. The third kappa shape index (κ3) is 3.81. The number of nitrogens with one attached hydrogen (secondary N) is 1. The summed E-state index contributed by atoms with van der Waals surface area (Å²) < 4.78 is 27.1. The maximum atomic E-state index is 13.6. The van der Waals surface area contributed by atoms with E-state index in [-0.39, 0.29) is 11.4 Å². The van der Waals surface area contributed by atoms with Gasteiger partial charge >= 0.3 is 0 Å². The Bertz CT molecular complexity index is 1400. The molecule has 0 spiro atoms. The van der Waals surface area contributed by atoms with Gasteiger partial charge in [0.05, 0.1) is 22.8 Å². The molecule has 7 nitrogen and oxygen atoms in total. The van der Waals surface area contributed by atoms with Gasteiger partial charge in [0, 0.05) is 12.6 Å². The largest absolute Gasteiger partial charge is 0.268 e. The van der Waals surface area contributed by atoms with Crippen molar-refractivity contribution in [2.45, 2.75) is 13.3 Å². The van der Waals surface area contributed by atoms with Crippen LogP contribution in [-0.2, 0) is 16.4 Å². The first-order valence-corrected chi connectivity index (χ1v) is 11.3. The molecule has 0 radical (unpaired) electrons. The summed E-state index contributed by atoms with van der Waals surface area (Å²) in [5.74, 6) is 0.860. The average Bonchev–Trinajstić information content (AvgIpc) is 2.72. The van der Waals surface area contributed by atoms with Crippen LogP contribution in [0.1, 0.15) is 12.7 Å². The highest BCUT2D eigenvalue weighted by Crippen LogP contribution is 2.28. The number of para-hydroxylation sites is 1. The van der Waals surface area contributed by atoms with Gasteiger partial charge in [0.15, 0.2) is 0 Å². The molecule has 0 saturated heterocycles. The molecule has 2 aromatic carbocycles. The summed E-state index contributed by atoms with van der Waals surface area (Å²) in [6.07, 6.45) is 3.17. The summed E-state index contributed by atoms with van der Waals surface area (Å²) in [5, 5.41) is 0.468. The molecule has 0 amide bonds. The summed E-state index contributed by atoms with van der Waals surface area (Å²) in [6, 6.07) is 18.2. The fourth-order valence-electron chi connectivity index (χ4n) is 3.44. The smallest absolute Gasteiger partial charge is 0.266 e. The van der Waals surface area contributed by atoms with E-state index in [1.165, 1.54) is 6.20 Å². The van der Waals surface area contributed by atoms with E-state index in [0.29, 0.717) is 34.3 Å². The fourth-order valence-corrected chi connectivity index (χ4v) is 3.93. The number of rotatable bonds is 5. The first-order valence-electron chi connectivity index (χ1n) is 9.41.